The third-order valence-corrected chi connectivity index (χ3v) is 7.03. The number of hydrogen-bond acceptors (Lipinski definition) is 3. The Morgan fingerprint density at radius 2 is 1.52 bits per heavy atom. The number of ether oxygens (including phenoxy) is 2. The molecule has 2 rings (SSSR count). The van der Waals surface area contributed by atoms with E-state index in [1.807, 2.05) is 0 Å². The molecule has 0 N–H and O–H groups in total. The van der Waals surface area contributed by atoms with Gasteiger partial charge in [-0.15, -0.1) is 0 Å². The molecule has 1 aromatic rings. The highest BCUT2D eigenvalue weighted by molar-refractivity contribution is 7.97. The molecule has 0 radical (unpaired) electrons. The first-order chi connectivity index (χ1) is 13.5. The molecule has 29 heavy (non-hydrogen) atoms. The quantitative estimate of drug-likeness (QED) is 0.323. The van der Waals surface area contributed by atoms with Crippen LogP contribution < -0.4 is 4.74 Å². The van der Waals surface area contributed by atoms with Gasteiger partial charge in [-0.2, -0.15) is 26.3 Å². The summed E-state index contributed by atoms with van der Waals surface area (Å²) in [5.74, 6) is 2.15. The number of halogens is 6. The van der Waals surface area contributed by atoms with Crippen molar-refractivity contribution in [3.05, 3.63) is 29.8 Å². The molecule has 3 nitrogen and oxygen atoms in total. The Balaban J connectivity index is 2.06. The number of hydrogen-bond donors (Lipinski definition) is 0. The third-order valence-electron chi connectivity index (χ3n) is 4.63. The van der Waals surface area contributed by atoms with Crippen molar-refractivity contribution >= 4 is 16.7 Å². The van der Waals surface area contributed by atoms with Gasteiger partial charge in [0.05, 0.1) is 0 Å². The number of Topliss-reactive ketones (excluding diaryl/α,β-unsaturated/α-hetero) is 1. The Labute approximate surface area is 168 Å². The van der Waals surface area contributed by atoms with Crippen LogP contribution in [0.4, 0.5) is 26.3 Å². The fourth-order valence-electron chi connectivity index (χ4n) is 3.00. The number of benzene rings is 1. The maximum absolute atomic E-state index is 13.2. The van der Waals surface area contributed by atoms with Crippen LogP contribution in [0, 0.1) is 0 Å². The smallest absolute Gasteiger partial charge is 0.430 e. The highest BCUT2D eigenvalue weighted by atomic mass is 32.2. The van der Waals surface area contributed by atoms with E-state index in [4.69, 9.17) is 4.74 Å². The minimum absolute atomic E-state index is 0.0345. The van der Waals surface area contributed by atoms with E-state index in [1.165, 1.54) is 30.7 Å². The average Bonchev–Trinajstić information content (AvgIpc) is 2.64. The summed E-state index contributed by atoms with van der Waals surface area (Å²) >= 11 is 0. The van der Waals surface area contributed by atoms with Gasteiger partial charge in [0.1, 0.15) is 23.9 Å². The first-order valence-corrected chi connectivity index (χ1v) is 10.9. The summed E-state index contributed by atoms with van der Waals surface area (Å²) < 4.78 is 88.0. The van der Waals surface area contributed by atoms with Crippen LogP contribution in [0.25, 0.3) is 0 Å². The van der Waals surface area contributed by atoms with E-state index in [2.05, 4.69) is 4.74 Å². The second-order valence-corrected chi connectivity index (χ2v) is 9.05. The standard InChI is InChI=1S/C19H23F6O3S/c1-2-28-17(18(20,21)22,19(23,24)25)13-27-15-8-6-14(7-9-15)16(26)12-29-10-4-3-5-11-29/h6-9H,2-5,10-13H2,1H3/q+1. The lowest BCUT2D eigenvalue weighted by atomic mass is 10.0. The predicted molar refractivity (Wildman–Crippen MR) is 98.6 cm³/mol. The molecule has 0 saturated carbocycles. The van der Waals surface area contributed by atoms with Gasteiger partial charge in [-0.05, 0) is 61.3 Å². The Morgan fingerprint density at radius 1 is 0.966 bits per heavy atom. The lowest BCUT2D eigenvalue weighted by Crippen LogP contribution is -2.62. The van der Waals surface area contributed by atoms with Gasteiger partial charge in [-0.3, -0.25) is 4.79 Å². The second-order valence-electron chi connectivity index (χ2n) is 6.72. The van der Waals surface area contributed by atoms with E-state index in [9.17, 15) is 31.1 Å². The number of alkyl halides is 6. The van der Waals surface area contributed by atoms with E-state index in [1.54, 1.807) is 0 Å². The minimum Gasteiger partial charge on any atom is -0.490 e. The normalized spacial score (nSPS) is 16.7. The minimum atomic E-state index is -5.71. The zero-order valence-electron chi connectivity index (χ0n) is 15.9. The van der Waals surface area contributed by atoms with Gasteiger partial charge in [-0.1, -0.05) is 0 Å². The van der Waals surface area contributed by atoms with Gasteiger partial charge in [0.25, 0.3) is 5.60 Å². The van der Waals surface area contributed by atoms with Crippen LogP contribution in [0.2, 0.25) is 0 Å². The summed E-state index contributed by atoms with van der Waals surface area (Å²) in [6, 6.07) is 5.10. The molecule has 10 heteroatoms. The molecular formula is C19H23F6O3S+. The maximum Gasteiger partial charge on any atom is 0.430 e. The number of rotatable bonds is 8. The molecule has 1 aromatic carbocycles. The molecule has 1 aliphatic rings. The van der Waals surface area contributed by atoms with Crippen molar-refractivity contribution in [2.75, 3.05) is 30.5 Å². The van der Waals surface area contributed by atoms with Crippen LogP contribution in [0.5, 0.6) is 5.75 Å². The van der Waals surface area contributed by atoms with Crippen molar-refractivity contribution in [3.63, 3.8) is 0 Å². The Kier molecular flexibility index (Phi) is 7.89. The highest BCUT2D eigenvalue weighted by Gasteiger charge is 2.73. The Hall–Kier alpha value is -1.42. The van der Waals surface area contributed by atoms with E-state index in [-0.39, 0.29) is 22.4 Å². The Morgan fingerprint density at radius 3 is 2.00 bits per heavy atom. The van der Waals surface area contributed by atoms with Crippen molar-refractivity contribution in [1.29, 1.82) is 0 Å². The molecule has 1 aliphatic heterocycles. The lowest BCUT2D eigenvalue weighted by molar-refractivity contribution is -0.385. The number of carbonyl (C=O) groups is 1. The summed E-state index contributed by atoms with van der Waals surface area (Å²) in [6.07, 6.45) is -8.05. The van der Waals surface area contributed by atoms with Crippen LogP contribution in [-0.4, -0.2) is 54.2 Å². The predicted octanol–water partition coefficient (Wildman–Crippen LogP) is 4.95. The molecule has 0 amide bonds. The largest absolute Gasteiger partial charge is 0.490 e. The number of ketones is 1. The zero-order chi connectivity index (χ0) is 21.7. The van der Waals surface area contributed by atoms with Crippen molar-refractivity contribution in [3.8, 4) is 5.75 Å². The fourth-order valence-corrected chi connectivity index (χ4v) is 5.26. The monoisotopic (exact) mass is 445 g/mol. The molecule has 0 unspecified atom stereocenters. The van der Waals surface area contributed by atoms with Crippen molar-refractivity contribution in [2.24, 2.45) is 0 Å². The van der Waals surface area contributed by atoms with E-state index in [0.29, 0.717) is 11.3 Å². The van der Waals surface area contributed by atoms with Crippen LogP contribution in [0.15, 0.2) is 24.3 Å². The second kappa shape index (κ2) is 9.59. The highest BCUT2D eigenvalue weighted by Crippen LogP contribution is 2.46. The molecule has 1 saturated heterocycles. The van der Waals surface area contributed by atoms with E-state index in [0.717, 1.165) is 31.3 Å². The van der Waals surface area contributed by atoms with Gasteiger partial charge in [0.2, 0.25) is 5.78 Å². The first-order valence-electron chi connectivity index (χ1n) is 9.18. The van der Waals surface area contributed by atoms with E-state index < -0.39 is 31.2 Å². The van der Waals surface area contributed by atoms with Crippen molar-refractivity contribution < 1.29 is 40.6 Å². The van der Waals surface area contributed by atoms with Crippen LogP contribution in [0.1, 0.15) is 36.5 Å². The van der Waals surface area contributed by atoms with Crippen LogP contribution >= 0.6 is 0 Å². The fraction of sp³-hybridized carbons (Fsp3) is 0.632. The molecule has 0 spiro atoms. The maximum atomic E-state index is 13.2. The molecule has 164 valence electrons. The van der Waals surface area contributed by atoms with Crippen molar-refractivity contribution in [1.82, 2.24) is 0 Å². The van der Waals surface area contributed by atoms with Crippen molar-refractivity contribution in [2.45, 2.75) is 44.1 Å². The summed E-state index contributed by atoms with van der Waals surface area (Å²) in [7, 11) is 0.0345. The molecule has 1 heterocycles. The Bertz CT molecular complexity index is 652. The summed E-state index contributed by atoms with van der Waals surface area (Å²) in [4.78, 5) is 12.3. The average molecular weight is 445 g/mol. The molecule has 1 fully saturated rings. The van der Waals surface area contributed by atoms with Crippen LogP contribution in [-0.2, 0) is 15.6 Å². The molecule has 0 aliphatic carbocycles. The van der Waals surface area contributed by atoms with Gasteiger partial charge >= 0.3 is 12.4 Å². The molecule has 0 bridgehead atoms. The van der Waals surface area contributed by atoms with Gasteiger partial charge in [-0.25, -0.2) is 0 Å². The SMILES string of the molecule is CCOC(COc1ccc(C(=O)C[S+]2CCCCC2)cc1)(C(F)(F)F)C(F)(F)F. The summed E-state index contributed by atoms with van der Waals surface area (Å²) in [5.41, 5.74) is -4.07. The van der Waals surface area contributed by atoms with Gasteiger partial charge < -0.3 is 9.47 Å². The zero-order valence-corrected chi connectivity index (χ0v) is 16.7. The molecule has 0 aromatic heterocycles. The molecular weight excluding hydrogens is 422 g/mol. The summed E-state index contributed by atoms with van der Waals surface area (Å²) in [5, 5.41) is 0. The topological polar surface area (TPSA) is 35.5 Å². The van der Waals surface area contributed by atoms with Crippen LogP contribution in [0.3, 0.4) is 0 Å². The third kappa shape index (κ3) is 5.81. The first kappa shape index (κ1) is 23.9. The summed E-state index contributed by atoms with van der Waals surface area (Å²) in [6.45, 7) is -1.53. The van der Waals surface area contributed by atoms with E-state index >= 15 is 0 Å². The number of carbonyl (C=O) groups excluding carboxylic acids is 1. The lowest BCUT2D eigenvalue weighted by Gasteiger charge is -2.36. The van der Waals surface area contributed by atoms with Gasteiger partial charge in [0, 0.05) is 12.2 Å². The van der Waals surface area contributed by atoms with Gasteiger partial charge in [0.15, 0.2) is 5.75 Å². The molecule has 0 atom stereocenters.